The first kappa shape index (κ1) is 36.3. The SMILES string of the molecule is CC[C@H]1OC(=O)[C@H](C)[C@@H](OC2CC(N(C)C)C(O)C(C)O2)[C@H](C)[C@@H](O)[C@](C)(O)C[C@@H](C)CN(C)[C@H](C)[C@@H](O)[C@]1(C)O. The molecule has 2 aliphatic heterocycles. The van der Waals surface area contributed by atoms with Crippen molar-refractivity contribution in [2.75, 3.05) is 27.7 Å². The lowest BCUT2D eigenvalue weighted by Crippen LogP contribution is -2.59. The number of nitrogens with zero attached hydrogens (tertiary/aromatic N) is 2. The first-order valence-electron chi connectivity index (χ1n) is 15.1. The molecular weight excluding hydrogens is 532 g/mol. The summed E-state index contributed by atoms with van der Waals surface area (Å²) in [5, 5.41) is 56.3. The molecule has 2 rings (SSSR count). The molecule has 14 atom stereocenters. The Balaban J connectivity index is 2.52. The zero-order valence-electron chi connectivity index (χ0n) is 27.0. The molecule has 0 aromatic heterocycles. The van der Waals surface area contributed by atoms with E-state index >= 15 is 0 Å². The Morgan fingerprint density at radius 2 is 1.63 bits per heavy atom. The number of likely N-dealkylation sites (N-methyl/N-ethyl adjacent to an activating group) is 2. The van der Waals surface area contributed by atoms with Crippen LogP contribution in [0.4, 0.5) is 0 Å². The molecule has 242 valence electrons. The van der Waals surface area contributed by atoms with Gasteiger partial charge < -0.3 is 49.5 Å². The smallest absolute Gasteiger partial charge is 0.311 e. The summed E-state index contributed by atoms with van der Waals surface area (Å²) in [4.78, 5) is 17.4. The fourth-order valence-corrected chi connectivity index (χ4v) is 6.71. The molecule has 4 unspecified atom stereocenters. The highest BCUT2D eigenvalue weighted by atomic mass is 16.7. The molecule has 2 fully saturated rings. The third-order valence-corrected chi connectivity index (χ3v) is 9.56. The second-order valence-electron chi connectivity index (χ2n) is 13.6. The molecule has 2 saturated heterocycles. The quantitative estimate of drug-likeness (QED) is 0.298. The van der Waals surface area contributed by atoms with E-state index in [2.05, 4.69) is 0 Å². The predicted octanol–water partition coefficient (Wildman–Crippen LogP) is 0.976. The van der Waals surface area contributed by atoms with Gasteiger partial charge in [0.05, 0.1) is 35.9 Å². The lowest BCUT2D eigenvalue weighted by molar-refractivity contribution is -0.269. The largest absolute Gasteiger partial charge is 0.459 e. The normalized spacial score (nSPS) is 48.4. The monoisotopic (exact) mass is 590 g/mol. The number of carbonyl (C=O) groups excluding carboxylic acids is 1. The molecule has 0 amide bonds. The molecule has 0 saturated carbocycles. The van der Waals surface area contributed by atoms with Crippen LogP contribution in [0, 0.1) is 17.8 Å². The lowest BCUT2D eigenvalue weighted by atomic mass is 9.78. The van der Waals surface area contributed by atoms with Gasteiger partial charge in [-0.25, -0.2) is 0 Å². The lowest BCUT2D eigenvalue weighted by Gasteiger charge is -2.44. The number of ether oxygens (including phenoxy) is 3. The molecule has 0 aromatic carbocycles. The third kappa shape index (κ3) is 8.39. The van der Waals surface area contributed by atoms with Gasteiger partial charge >= 0.3 is 5.97 Å². The zero-order valence-corrected chi connectivity index (χ0v) is 27.0. The van der Waals surface area contributed by atoms with E-state index in [9.17, 15) is 30.3 Å². The van der Waals surface area contributed by atoms with Gasteiger partial charge in [0.1, 0.15) is 17.8 Å². The second kappa shape index (κ2) is 14.3. The molecule has 11 heteroatoms. The van der Waals surface area contributed by atoms with E-state index in [-0.39, 0.29) is 24.8 Å². The molecule has 2 heterocycles. The number of cyclic esters (lactones) is 1. The van der Waals surface area contributed by atoms with Crippen LogP contribution in [-0.2, 0) is 19.0 Å². The van der Waals surface area contributed by atoms with E-state index in [1.807, 2.05) is 37.9 Å². The summed E-state index contributed by atoms with van der Waals surface area (Å²) < 4.78 is 18.3. The summed E-state index contributed by atoms with van der Waals surface area (Å²) in [5.41, 5.74) is -3.27. The number of hydrogen-bond acceptors (Lipinski definition) is 11. The van der Waals surface area contributed by atoms with Crippen LogP contribution in [0.5, 0.6) is 0 Å². The Morgan fingerprint density at radius 1 is 1.05 bits per heavy atom. The number of aliphatic hydroxyl groups is 5. The molecule has 0 bridgehead atoms. The molecule has 0 aliphatic carbocycles. The van der Waals surface area contributed by atoms with Crippen LogP contribution in [0.15, 0.2) is 0 Å². The van der Waals surface area contributed by atoms with Crippen LogP contribution in [0.1, 0.15) is 74.7 Å². The van der Waals surface area contributed by atoms with E-state index < -0.39 is 78.0 Å². The van der Waals surface area contributed by atoms with E-state index in [4.69, 9.17) is 14.2 Å². The van der Waals surface area contributed by atoms with Gasteiger partial charge in [0.15, 0.2) is 6.29 Å². The highest BCUT2D eigenvalue weighted by molar-refractivity contribution is 5.73. The van der Waals surface area contributed by atoms with E-state index in [1.165, 1.54) is 6.92 Å². The van der Waals surface area contributed by atoms with Crippen molar-refractivity contribution >= 4 is 5.97 Å². The van der Waals surface area contributed by atoms with Crippen molar-refractivity contribution in [2.45, 2.75) is 141 Å². The maximum atomic E-state index is 13.6. The fourth-order valence-electron chi connectivity index (χ4n) is 6.71. The summed E-state index contributed by atoms with van der Waals surface area (Å²) in [5.74, 6) is -2.40. The molecule has 0 spiro atoms. The van der Waals surface area contributed by atoms with Crippen LogP contribution in [-0.4, -0.2) is 135 Å². The summed E-state index contributed by atoms with van der Waals surface area (Å²) in [6.45, 7) is 14.2. The van der Waals surface area contributed by atoms with E-state index in [0.717, 1.165) is 0 Å². The Labute approximate surface area is 246 Å². The van der Waals surface area contributed by atoms with E-state index in [1.54, 1.807) is 41.5 Å². The highest BCUT2D eigenvalue weighted by Crippen LogP contribution is 2.35. The number of hydrogen-bond donors (Lipinski definition) is 5. The average molecular weight is 591 g/mol. The number of carbonyl (C=O) groups is 1. The van der Waals surface area contributed by atoms with Crippen molar-refractivity contribution in [1.82, 2.24) is 9.80 Å². The van der Waals surface area contributed by atoms with E-state index in [0.29, 0.717) is 13.0 Å². The van der Waals surface area contributed by atoms with Crippen molar-refractivity contribution < 1.29 is 44.5 Å². The van der Waals surface area contributed by atoms with Gasteiger partial charge in [-0.05, 0) is 74.5 Å². The summed E-state index contributed by atoms with van der Waals surface area (Å²) in [6, 6.07) is -0.740. The molecule has 41 heavy (non-hydrogen) atoms. The molecule has 0 aromatic rings. The Kier molecular flexibility index (Phi) is 12.6. The summed E-state index contributed by atoms with van der Waals surface area (Å²) in [7, 11) is 5.55. The second-order valence-corrected chi connectivity index (χ2v) is 13.6. The molecule has 11 nitrogen and oxygen atoms in total. The van der Waals surface area contributed by atoms with Crippen LogP contribution in [0.3, 0.4) is 0 Å². The van der Waals surface area contributed by atoms with Crippen molar-refractivity contribution in [3.05, 3.63) is 0 Å². The fraction of sp³-hybridized carbons (Fsp3) is 0.967. The van der Waals surface area contributed by atoms with Gasteiger partial charge in [0.2, 0.25) is 0 Å². The van der Waals surface area contributed by atoms with Gasteiger partial charge in [-0.3, -0.25) is 4.79 Å². The van der Waals surface area contributed by atoms with Crippen molar-refractivity contribution in [1.29, 1.82) is 0 Å². The number of rotatable bonds is 4. The average Bonchev–Trinajstić information content (AvgIpc) is 2.88. The van der Waals surface area contributed by atoms with Crippen molar-refractivity contribution in [2.24, 2.45) is 17.8 Å². The molecule has 0 radical (unpaired) electrons. The molecular formula is C30H58N2O9. The Hall–Kier alpha value is -0.890. The van der Waals surface area contributed by atoms with Gasteiger partial charge in [0.25, 0.3) is 0 Å². The van der Waals surface area contributed by atoms with Gasteiger partial charge in [-0.1, -0.05) is 20.8 Å². The summed E-state index contributed by atoms with van der Waals surface area (Å²) in [6.07, 6.45) is -5.65. The topological polar surface area (TPSA) is 152 Å². The maximum absolute atomic E-state index is 13.6. The highest BCUT2D eigenvalue weighted by Gasteiger charge is 2.49. The maximum Gasteiger partial charge on any atom is 0.311 e. The Morgan fingerprint density at radius 3 is 2.17 bits per heavy atom. The molecule has 2 aliphatic rings. The zero-order chi connectivity index (χ0) is 31.6. The number of esters is 1. The van der Waals surface area contributed by atoms with Crippen LogP contribution in [0.2, 0.25) is 0 Å². The van der Waals surface area contributed by atoms with Crippen LogP contribution < -0.4 is 0 Å². The van der Waals surface area contributed by atoms with Crippen molar-refractivity contribution in [3.63, 3.8) is 0 Å². The first-order valence-corrected chi connectivity index (χ1v) is 15.1. The van der Waals surface area contributed by atoms with Gasteiger partial charge in [0, 0.05) is 31.0 Å². The van der Waals surface area contributed by atoms with Gasteiger partial charge in [-0.15, -0.1) is 0 Å². The predicted molar refractivity (Wildman–Crippen MR) is 155 cm³/mol. The number of aliphatic hydroxyl groups excluding tert-OH is 3. The van der Waals surface area contributed by atoms with Crippen LogP contribution in [0.25, 0.3) is 0 Å². The van der Waals surface area contributed by atoms with Crippen molar-refractivity contribution in [3.8, 4) is 0 Å². The molecule has 5 N–H and O–H groups in total. The van der Waals surface area contributed by atoms with Crippen LogP contribution >= 0.6 is 0 Å². The Bertz CT molecular complexity index is 841. The third-order valence-electron chi connectivity index (χ3n) is 9.56. The minimum atomic E-state index is -1.74. The standard InChI is InChI=1S/C30H58N2O9/c1-12-22-30(8,38)27(35)19(5)32(11)15-16(2)14-29(7,37)26(34)17(3)25(18(4)28(36)40-22)41-23-13-21(31(9)10)24(33)20(6)39-23/h16-27,33-35,37-38H,12-15H2,1-11H3/t16-,17+,18-,19-,20?,21?,22-,23?,24?,25+,26-,27-,29-,30-/m1/s1. The van der Waals surface area contributed by atoms with Gasteiger partial charge in [-0.2, -0.15) is 0 Å². The minimum Gasteiger partial charge on any atom is -0.459 e. The summed E-state index contributed by atoms with van der Waals surface area (Å²) >= 11 is 0. The first-order chi connectivity index (χ1) is 18.8. The minimum absolute atomic E-state index is 0.0805.